The van der Waals surface area contributed by atoms with E-state index < -0.39 is 0 Å². The Kier molecular flexibility index (Phi) is 5.11. The summed E-state index contributed by atoms with van der Waals surface area (Å²) in [6.07, 6.45) is 10.3. The molecule has 0 nitrogen and oxygen atoms in total. The first-order valence-electron chi connectivity index (χ1n) is 10.5. The summed E-state index contributed by atoms with van der Waals surface area (Å²) in [5.74, 6) is 0. The number of fused-ring (bicyclic) bond motifs is 3. The smallest absolute Gasteiger partial charge is 0.00234 e. The van der Waals surface area contributed by atoms with Gasteiger partial charge in [0.1, 0.15) is 0 Å². The molecule has 3 aromatic rings. The zero-order valence-corrected chi connectivity index (χ0v) is 16.3. The average molecular weight is 343 g/mol. The quantitative estimate of drug-likeness (QED) is 0.285. The molecule has 0 heteroatoms. The third-order valence-electron chi connectivity index (χ3n) is 5.93. The predicted octanol–water partition coefficient (Wildman–Crippen LogP) is 7.95. The van der Waals surface area contributed by atoms with Crippen LogP contribution in [0.4, 0.5) is 0 Å². The van der Waals surface area contributed by atoms with Gasteiger partial charge in [0, 0.05) is 0 Å². The Balaban J connectivity index is 1.90. The Hall–Kier alpha value is -2.08. The molecule has 0 radical (unpaired) electrons. The first-order valence-corrected chi connectivity index (χ1v) is 10.5. The van der Waals surface area contributed by atoms with Crippen LogP contribution in [0, 0.1) is 0 Å². The highest BCUT2D eigenvalue weighted by Gasteiger charge is 2.25. The molecular weight excluding hydrogens is 312 g/mol. The molecule has 26 heavy (non-hydrogen) atoms. The standard InChI is InChI=1S/C26H30/c1-3-5-7-12-19-18-20-13-11-17-23-22-15-9-10-16-24(22)26(25(20)23)21(19)14-8-6-4-2/h9-11,13,15-18H,3-8,12,14H2,1-2H3. The maximum atomic E-state index is 2.51. The van der Waals surface area contributed by atoms with E-state index in [1.54, 1.807) is 16.7 Å². The fourth-order valence-electron chi connectivity index (χ4n) is 4.64. The maximum absolute atomic E-state index is 2.51. The van der Waals surface area contributed by atoms with Crippen LogP contribution in [0.15, 0.2) is 48.5 Å². The molecule has 1 aliphatic carbocycles. The van der Waals surface area contributed by atoms with Crippen LogP contribution >= 0.6 is 0 Å². The number of hydrogen-bond acceptors (Lipinski definition) is 0. The molecule has 0 saturated carbocycles. The molecule has 0 amide bonds. The Morgan fingerprint density at radius 1 is 0.654 bits per heavy atom. The molecule has 0 saturated heterocycles. The average Bonchev–Trinajstić information content (AvgIpc) is 3.01. The van der Waals surface area contributed by atoms with Gasteiger partial charge in [-0.1, -0.05) is 88.1 Å². The van der Waals surface area contributed by atoms with Gasteiger partial charge in [0.15, 0.2) is 0 Å². The second-order valence-corrected chi connectivity index (χ2v) is 7.75. The fraction of sp³-hybridized carbons (Fsp3) is 0.385. The molecule has 1 aliphatic rings. The molecule has 134 valence electrons. The van der Waals surface area contributed by atoms with Gasteiger partial charge in [-0.25, -0.2) is 0 Å². The minimum Gasteiger partial charge on any atom is -0.0654 e. The van der Waals surface area contributed by atoms with E-state index in [0.29, 0.717) is 0 Å². The SMILES string of the molecule is CCCCCc1cc2cccc3c2c(c1CCCCC)-c1ccccc1-3. The van der Waals surface area contributed by atoms with Crippen molar-refractivity contribution in [3.8, 4) is 22.3 Å². The summed E-state index contributed by atoms with van der Waals surface area (Å²) in [7, 11) is 0. The van der Waals surface area contributed by atoms with Crippen LogP contribution in [0.1, 0.15) is 63.5 Å². The van der Waals surface area contributed by atoms with Gasteiger partial charge in [0.05, 0.1) is 0 Å². The number of rotatable bonds is 8. The van der Waals surface area contributed by atoms with Crippen LogP contribution in [-0.4, -0.2) is 0 Å². The maximum Gasteiger partial charge on any atom is -0.00234 e. The Bertz CT molecular complexity index is 917. The van der Waals surface area contributed by atoms with E-state index in [1.807, 2.05) is 0 Å². The van der Waals surface area contributed by atoms with E-state index in [2.05, 4.69) is 62.4 Å². The lowest BCUT2D eigenvalue weighted by Crippen LogP contribution is -1.99. The minimum absolute atomic E-state index is 1.23. The highest BCUT2D eigenvalue weighted by Crippen LogP contribution is 2.49. The number of hydrogen-bond donors (Lipinski definition) is 0. The predicted molar refractivity (Wildman–Crippen MR) is 115 cm³/mol. The first-order chi connectivity index (χ1) is 12.8. The minimum atomic E-state index is 1.23. The van der Waals surface area contributed by atoms with Crippen molar-refractivity contribution in [2.24, 2.45) is 0 Å². The molecule has 0 spiro atoms. The van der Waals surface area contributed by atoms with Crippen LogP contribution < -0.4 is 0 Å². The molecule has 0 atom stereocenters. The third-order valence-corrected chi connectivity index (χ3v) is 5.93. The summed E-state index contributed by atoms with van der Waals surface area (Å²) in [6, 6.07) is 18.4. The van der Waals surface area contributed by atoms with Crippen molar-refractivity contribution in [3.63, 3.8) is 0 Å². The molecule has 0 N–H and O–H groups in total. The summed E-state index contributed by atoms with van der Waals surface area (Å²) in [5.41, 5.74) is 9.12. The summed E-state index contributed by atoms with van der Waals surface area (Å²) in [6.45, 7) is 4.60. The van der Waals surface area contributed by atoms with Crippen LogP contribution in [0.25, 0.3) is 33.0 Å². The first kappa shape index (κ1) is 17.3. The second kappa shape index (κ2) is 7.66. The summed E-state index contributed by atoms with van der Waals surface area (Å²) < 4.78 is 0. The molecule has 3 aromatic carbocycles. The molecule has 4 rings (SSSR count). The van der Waals surface area contributed by atoms with Crippen molar-refractivity contribution in [2.75, 3.05) is 0 Å². The molecule has 0 bridgehead atoms. The molecule has 0 aromatic heterocycles. The fourth-order valence-corrected chi connectivity index (χ4v) is 4.64. The van der Waals surface area contributed by atoms with Gasteiger partial charge >= 0.3 is 0 Å². The number of aryl methyl sites for hydroxylation is 1. The Morgan fingerprint density at radius 3 is 2.12 bits per heavy atom. The highest BCUT2D eigenvalue weighted by atomic mass is 14.3. The summed E-state index contributed by atoms with van der Waals surface area (Å²) in [5, 5.41) is 2.93. The van der Waals surface area contributed by atoms with Crippen molar-refractivity contribution in [2.45, 2.75) is 65.2 Å². The molecular formula is C26H30. The van der Waals surface area contributed by atoms with Crippen molar-refractivity contribution in [1.82, 2.24) is 0 Å². The van der Waals surface area contributed by atoms with Crippen LogP contribution in [0.5, 0.6) is 0 Å². The lowest BCUT2D eigenvalue weighted by atomic mass is 9.88. The zero-order valence-electron chi connectivity index (χ0n) is 16.3. The second-order valence-electron chi connectivity index (χ2n) is 7.75. The van der Waals surface area contributed by atoms with Crippen molar-refractivity contribution in [3.05, 3.63) is 59.7 Å². The lowest BCUT2D eigenvalue weighted by molar-refractivity contribution is 0.695. The number of unbranched alkanes of at least 4 members (excludes halogenated alkanes) is 4. The van der Waals surface area contributed by atoms with Crippen molar-refractivity contribution < 1.29 is 0 Å². The topological polar surface area (TPSA) is 0 Å². The van der Waals surface area contributed by atoms with Crippen molar-refractivity contribution in [1.29, 1.82) is 0 Å². The van der Waals surface area contributed by atoms with E-state index in [4.69, 9.17) is 0 Å². The van der Waals surface area contributed by atoms with Crippen LogP contribution in [-0.2, 0) is 12.8 Å². The van der Waals surface area contributed by atoms with E-state index in [-0.39, 0.29) is 0 Å². The molecule has 0 heterocycles. The Morgan fingerprint density at radius 2 is 1.35 bits per heavy atom. The monoisotopic (exact) mass is 342 g/mol. The van der Waals surface area contributed by atoms with E-state index in [0.717, 1.165) is 0 Å². The van der Waals surface area contributed by atoms with Crippen molar-refractivity contribution >= 4 is 10.8 Å². The van der Waals surface area contributed by atoms with Crippen LogP contribution in [0.2, 0.25) is 0 Å². The normalized spacial score (nSPS) is 11.9. The largest absolute Gasteiger partial charge is 0.0654 e. The number of benzene rings is 3. The van der Waals surface area contributed by atoms with Gasteiger partial charge < -0.3 is 0 Å². The van der Waals surface area contributed by atoms with Gasteiger partial charge in [-0.2, -0.15) is 0 Å². The summed E-state index contributed by atoms with van der Waals surface area (Å²) in [4.78, 5) is 0. The molecule has 0 unspecified atom stereocenters. The Labute approximate surface area is 158 Å². The van der Waals surface area contributed by atoms with Gasteiger partial charge in [-0.3, -0.25) is 0 Å². The molecule has 0 aliphatic heterocycles. The van der Waals surface area contributed by atoms with E-state index in [1.165, 1.54) is 78.8 Å². The van der Waals surface area contributed by atoms with Gasteiger partial charge in [0.25, 0.3) is 0 Å². The van der Waals surface area contributed by atoms with E-state index >= 15 is 0 Å². The lowest BCUT2D eigenvalue weighted by Gasteiger charge is -2.16. The highest BCUT2D eigenvalue weighted by molar-refractivity contribution is 6.16. The van der Waals surface area contributed by atoms with Crippen LogP contribution in [0.3, 0.4) is 0 Å². The third kappa shape index (κ3) is 2.96. The summed E-state index contributed by atoms with van der Waals surface area (Å²) >= 11 is 0. The van der Waals surface area contributed by atoms with Gasteiger partial charge in [-0.15, -0.1) is 0 Å². The van der Waals surface area contributed by atoms with E-state index in [9.17, 15) is 0 Å². The van der Waals surface area contributed by atoms with Gasteiger partial charge in [0.2, 0.25) is 0 Å². The van der Waals surface area contributed by atoms with Gasteiger partial charge in [-0.05, 0) is 69.8 Å². The zero-order chi connectivity index (χ0) is 17.9. The molecule has 0 fully saturated rings.